The van der Waals surface area contributed by atoms with E-state index in [1.807, 2.05) is 30.3 Å². The van der Waals surface area contributed by atoms with Crippen molar-refractivity contribution in [1.29, 1.82) is 0 Å². The van der Waals surface area contributed by atoms with E-state index < -0.39 is 0 Å². The van der Waals surface area contributed by atoms with Crippen molar-refractivity contribution < 1.29 is 26.2 Å². The Bertz CT molecular complexity index is 665. The molecule has 104 valence electrons. The fraction of sp³-hybridized carbons (Fsp3) is 0. The minimum Gasteiger partial charge on any atom is -0.358 e. The molecule has 0 amide bonds. The van der Waals surface area contributed by atoms with Crippen molar-refractivity contribution in [2.24, 2.45) is 0 Å². The molecular formula is C20H20Zr. The molecule has 0 aliphatic carbocycles. The molecule has 0 nitrogen and oxygen atoms in total. The first-order chi connectivity index (χ1) is 8.95. The number of hydrogen-bond donors (Lipinski definition) is 0. The molecule has 0 aliphatic rings. The summed E-state index contributed by atoms with van der Waals surface area (Å²) in [5, 5.41) is 5.39. The zero-order chi connectivity index (χ0) is 12.2. The fourth-order valence-corrected chi connectivity index (χ4v) is 2.22. The van der Waals surface area contributed by atoms with Gasteiger partial charge in [0.25, 0.3) is 0 Å². The van der Waals surface area contributed by atoms with Crippen molar-refractivity contribution in [2.45, 2.75) is 0 Å². The number of benzene rings is 2. The Morgan fingerprint density at radius 1 is 0.571 bits per heavy atom. The van der Waals surface area contributed by atoms with E-state index in [-0.39, 0.29) is 41.1 Å². The first-order valence-electron chi connectivity index (χ1n) is 6.15. The Hall–Kier alpha value is -1.46. The SMILES string of the molecule is [CH3-].[CH3-].[Zr+4].c1cc[cH-]c1.c1ccc2c(c1)[cH-]c1ccccc12. The molecule has 0 aliphatic heterocycles. The Kier molecular flexibility index (Phi) is 8.82. The molecule has 0 radical (unpaired) electrons. The fourth-order valence-electron chi connectivity index (χ4n) is 2.22. The molecule has 21 heavy (non-hydrogen) atoms. The summed E-state index contributed by atoms with van der Waals surface area (Å²) in [6.45, 7) is 0. The van der Waals surface area contributed by atoms with Crippen LogP contribution < -0.4 is 0 Å². The Balaban J connectivity index is 0.000000437. The first kappa shape index (κ1) is 19.5. The van der Waals surface area contributed by atoms with E-state index in [2.05, 4.69) is 54.6 Å². The second-order valence-electron chi connectivity index (χ2n) is 4.28. The van der Waals surface area contributed by atoms with Crippen molar-refractivity contribution in [1.82, 2.24) is 0 Å². The van der Waals surface area contributed by atoms with Crippen LogP contribution in [0.2, 0.25) is 0 Å². The van der Waals surface area contributed by atoms with Crippen molar-refractivity contribution in [2.75, 3.05) is 0 Å². The maximum Gasteiger partial charge on any atom is 4.00 e. The summed E-state index contributed by atoms with van der Waals surface area (Å²) in [4.78, 5) is 0. The molecule has 0 aromatic heterocycles. The summed E-state index contributed by atoms with van der Waals surface area (Å²) in [6, 6.07) is 29.3. The quantitative estimate of drug-likeness (QED) is 0.340. The van der Waals surface area contributed by atoms with E-state index in [0.29, 0.717) is 0 Å². The first-order valence-corrected chi connectivity index (χ1v) is 6.15. The van der Waals surface area contributed by atoms with Gasteiger partial charge in [-0.3, -0.25) is 0 Å². The van der Waals surface area contributed by atoms with Crippen LogP contribution in [0.25, 0.3) is 21.5 Å². The van der Waals surface area contributed by atoms with Crippen LogP contribution in [0.4, 0.5) is 0 Å². The molecule has 1 heteroatoms. The number of hydrogen-bond acceptors (Lipinski definition) is 0. The maximum atomic E-state index is 2.24. The summed E-state index contributed by atoms with van der Waals surface area (Å²) >= 11 is 0. The van der Waals surface area contributed by atoms with Gasteiger partial charge in [-0.05, 0) is 0 Å². The Morgan fingerprint density at radius 3 is 1.38 bits per heavy atom. The monoisotopic (exact) mass is 350 g/mol. The van der Waals surface area contributed by atoms with Crippen LogP contribution in [0.1, 0.15) is 0 Å². The maximum absolute atomic E-state index is 2.24. The minimum absolute atomic E-state index is 0. The molecule has 0 unspecified atom stereocenters. The molecule has 0 bridgehead atoms. The molecule has 4 aromatic carbocycles. The van der Waals surface area contributed by atoms with E-state index >= 15 is 0 Å². The van der Waals surface area contributed by atoms with Crippen LogP contribution in [0.3, 0.4) is 0 Å². The van der Waals surface area contributed by atoms with Gasteiger partial charge in [0.1, 0.15) is 0 Å². The Morgan fingerprint density at radius 2 is 1.00 bits per heavy atom. The summed E-state index contributed by atoms with van der Waals surface area (Å²) in [6.07, 6.45) is 0. The van der Waals surface area contributed by atoms with Crippen LogP contribution in [0, 0.1) is 14.9 Å². The van der Waals surface area contributed by atoms with E-state index in [4.69, 9.17) is 0 Å². The largest absolute Gasteiger partial charge is 4.00 e. The zero-order valence-corrected chi connectivity index (χ0v) is 15.0. The van der Waals surface area contributed by atoms with Crippen molar-refractivity contribution in [3.63, 3.8) is 0 Å². The van der Waals surface area contributed by atoms with Gasteiger partial charge in [-0.2, -0.15) is 18.2 Å². The summed E-state index contributed by atoms with van der Waals surface area (Å²) in [5.74, 6) is 0. The van der Waals surface area contributed by atoms with Gasteiger partial charge in [0.05, 0.1) is 0 Å². The van der Waals surface area contributed by atoms with E-state index in [1.54, 1.807) is 0 Å². The average molecular weight is 352 g/mol. The topological polar surface area (TPSA) is 0 Å². The number of rotatable bonds is 0. The smallest absolute Gasteiger partial charge is 0.358 e. The van der Waals surface area contributed by atoms with Crippen LogP contribution in [0.5, 0.6) is 0 Å². The molecule has 0 N–H and O–H groups in total. The van der Waals surface area contributed by atoms with Gasteiger partial charge < -0.3 is 14.9 Å². The molecule has 0 spiro atoms. The van der Waals surface area contributed by atoms with E-state index in [9.17, 15) is 0 Å². The van der Waals surface area contributed by atoms with E-state index in [0.717, 1.165) is 0 Å². The molecular weight excluding hydrogens is 331 g/mol. The van der Waals surface area contributed by atoms with Crippen molar-refractivity contribution >= 4 is 21.5 Å². The summed E-state index contributed by atoms with van der Waals surface area (Å²) < 4.78 is 0. The second kappa shape index (κ2) is 9.47. The van der Waals surface area contributed by atoms with Gasteiger partial charge in [-0.15, -0.1) is 39.7 Å². The number of fused-ring (bicyclic) bond motifs is 3. The van der Waals surface area contributed by atoms with Crippen molar-refractivity contribution in [3.05, 3.63) is 99.8 Å². The van der Waals surface area contributed by atoms with Gasteiger partial charge in [-0.1, -0.05) is 36.4 Å². The Labute approximate surface area is 147 Å². The van der Waals surface area contributed by atoms with Gasteiger partial charge >= 0.3 is 26.2 Å². The van der Waals surface area contributed by atoms with Crippen molar-refractivity contribution in [3.8, 4) is 0 Å². The predicted molar refractivity (Wildman–Crippen MR) is 91.9 cm³/mol. The predicted octanol–water partition coefficient (Wildman–Crippen LogP) is 6.02. The molecule has 4 aromatic rings. The minimum atomic E-state index is 0. The molecule has 0 saturated carbocycles. The normalized spacial score (nSPS) is 8.76. The third kappa shape index (κ3) is 4.51. The zero-order valence-electron chi connectivity index (χ0n) is 12.6. The van der Waals surface area contributed by atoms with Crippen LogP contribution in [0.15, 0.2) is 84.9 Å². The van der Waals surface area contributed by atoms with Gasteiger partial charge in [-0.25, -0.2) is 12.1 Å². The summed E-state index contributed by atoms with van der Waals surface area (Å²) in [7, 11) is 0. The molecule has 0 atom stereocenters. The third-order valence-corrected chi connectivity index (χ3v) is 3.08. The van der Waals surface area contributed by atoms with Crippen LogP contribution in [-0.2, 0) is 26.2 Å². The molecule has 0 heterocycles. The van der Waals surface area contributed by atoms with E-state index in [1.165, 1.54) is 21.5 Å². The molecule has 0 fully saturated rings. The van der Waals surface area contributed by atoms with Crippen LogP contribution >= 0.6 is 0 Å². The molecule has 0 saturated heterocycles. The van der Waals surface area contributed by atoms with Gasteiger partial charge in [0.2, 0.25) is 0 Å². The molecule has 4 rings (SSSR count). The third-order valence-electron chi connectivity index (χ3n) is 3.08. The second-order valence-corrected chi connectivity index (χ2v) is 4.28. The van der Waals surface area contributed by atoms with Crippen LogP contribution in [-0.4, -0.2) is 0 Å². The summed E-state index contributed by atoms with van der Waals surface area (Å²) in [5.41, 5.74) is 0. The average Bonchev–Trinajstić information content (AvgIpc) is 3.10. The standard InChI is InChI=1S/C13H9.C5H5.2CH3.Zr/c1-3-7-12-10(5-1)9-11-6-2-4-8-13(11)12;1-2-4-5-3-1;;;/h1-9H;1-5H;2*1H3;/q4*-1;+4. The van der Waals surface area contributed by atoms with Gasteiger partial charge in [0, 0.05) is 0 Å². The van der Waals surface area contributed by atoms with Gasteiger partial charge in [0.15, 0.2) is 0 Å².